The Kier molecular flexibility index (Phi) is 8.10. The summed E-state index contributed by atoms with van der Waals surface area (Å²) < 4.78 is 13.1. The first kappa shape index (κ1) is 38.0. The van der Waals surface area contributed by atoms with Crippen molar-refractivity contribution in [3.05, 3.63) is 236 Å². The Morgan fingerprint density at radius 3 is 1.41 bits per heavy atom. The number of fused-ring (bicyclic) bond motifs is 11. The van der Waals surface area contributed by atoms with Gasteiger partial charge in [0, 0.05) is 27.2 Å². The lowest BCUT2D eigenvalue weighted by atomic mass is 9.84. The van der Waals surface area contributed by atoms with Gasteiger partial charge in [-0.15, -0.1) is 0 Å². The van der Waals surface area contributed by atoms with E-state index in [9.17, 15) is 0 Å². The predicted octanol–water partition coefficient (Wildman–Crippen LogP) is 18.4. The van der Waals surface area contributed by atoms with Gasteiger partial charge in [-0.3, -0.25) is 0 Å². The molecule has 1 atom stereocenters. The number of anilines is 3. The summed E-state index contributed by atoms with van der Waals surface area (Å²) in [4.78, 5) is 2.41. The molecule has 1 aliphatic heterocycles. The first-order valence-electron chi connectivity index (χ1n) is 23.7. The molecule has 0 bridgehead atoms. The van der Waals surface area contributed by atoms with Crippen molar-refractivity contribution in [2.45, 2.75) is 6.17 Å². The molecule has 0 radical (unpaired) electrons. The molecule has 0 saturated carbocycles. The van der Waals surface area contributed by atoms with Gasteiger partial charge >= 0.3 is 0 Å². The van der Waals surface area contributed by atoms with Crippen LogP contribution in [0.2, 0.25) is 0 Å². The highest BCUT2D eigenvalue weighted by Crippen LogP contribution is 2.49. The summed E-state index contributed by atoms with van der Waals surface area (Å²) in [5.74, 6) is 0. The van der Waals surface area contributed by atoms with Gasteiger partial charge in [0.25, 0.3) is 0 Å². The molecule has 0 spiro atoms. The molecule has 14 aromatic rings. The maximum Gasteiger partial charge on any atom is 0.136 e. The summed E-state index contributed by atoms with van der Waals surface area (Å²) in [6.45, 7) is 0. The Labute approximate surface area is 396 Å². The highest BCUT2D eigenvalue weighted by Gasteiger charge is 2.31. The van der Waals surface area contributed by atoms with E-state index in [1.807, 2.05) is 0 Å². The van der Waals surface area contributed by atoms with Crippen LogP contribution in [0, 0.1) is 0 Å². The van der Waals surface area contributed by atoms with Gasteiger partial charge in [0.1, 0.15) is 28.5 Å². The fraction of sp³-hybridized carbons (Fsp3) is 0.0154. The molecule has 1 N–H and O–H groups in total. The average Bonchev–Trinajstić information content (AvgIpc) is 4.09. The molecule has 0 saturated heterocycles. The van der Waals surface area contributed by atoms with Crippen LogP contribution in [-0.2, 0) is 0 Å². The second-order valence-corrected chi connectivity index (χ2v) is 18.5. The number of nitrogens with zero attached hydrogens (tertiary/aromatic N) is 1. The molecule has 3 heterocycles. The minimum absolute atomic E-state index is 0.0219. The van der Waals surface area contributed by atoms with Crippen molar-refractivity contribution in [1.82, 2.24) is 0 Å². The quantitative estimate of drug-likeness (QED) is 0.175. The zero-order valence-corrected chi connectivity index (χ0v) is 37.3. The summed E-state index contributed by atoms with van der Waals surface area (Å²) in [5.41, 5.74) is 15.2. The summed E-state index contributed by atoms with van der Waals surface area (Å²) in [5, 5.41) is 17.8. The van der Waals surface area contributed by atoms with E-state index in [1.165, 1.54) is 65.5 Å². The van der Waals surface area contributed by atoms with Crippen LogP contribution >= 0.6 is 0 Å². The van der Waals surface area contributed by atoms with Crippen LogP contribution in [0.4, 0.5) is 17.1 Å². The van der Waals surface area contributed by atoms with Gasteiger partial charge in [-0.2, -0.15) is 0 Å². The summed E-state index contributed by atoms with van der Waals surface area (Å²) >= 11 is 0. The van der Waals surface area contributed by atoms with E-state index in [2.05, 4.69) is 241 Å². The predicted molar refractivity (Wildman–Crippen MR) is 289 cm³/mol. The number of nitrogens with one attached hydrogen (secondary N) is 1. The lowest BCUT2D eigenvalue weighted by Crippen LogP contribution is -2.23. The molecule has 69 heavy (non-hydrogen) atoms. The summed E-state index contributed by atoms with van der Waals surface area (Å²) in [6.07, 6.45) is -0.0219. The molecule has 15 rings (SSSR count). The second-order valence-electron chi connectivity index (χ2n) is 18.5. The minimum atomic E-state index is -0.0219. The number of para-hydroxylation sites is 2. The zero-order valence-electron chi connectivity index (χ0n) is 37.3. The number of furan rings is 2. The number of hydrogen-bond acceptors (Lipinski definition) is 4. The second kappa shape index (κ2) is 14.7. The van der Waals surface area contributed by atoms with Crippen LogP contribution in [-0.4, -0.2) is 0 Å². The Hall–Kier alpha value is -9.12. The highest BCUT2D eigenvalue weighted by atomic mass is 16.3. The fourth-order valence-corrected chi connectivity index (χ4v) is 11.3. The third-order valence-electron chi connectivity index (χ3n) is 14.6. The number of rotatable bonds is 5. The van der Waals surface area contributed by atoms with Gasteiger partial charge in [0.05, 0.1) is 11.4 Å². The van der Waals surface area contributed by atoms with Crippen molar-refractivity contribution >= 4 is 104 Å². The van der Waals surface area contributed by atoms with Crippen molar-refractivity contribution in [3.8, 4) is 33.4 Å². The smallest absolute Gasteiger partial charge is 0.136 e. The van der Waals surface area contributed by atoms with Crippen LogP contribution < -0.4 is 10.2 Å². The maximum atomic E-state index is 6.55. The van der Waals surface area contributed by atoms with Crippen LogP contribution in [0.1, 0.15) is 11.7 Å². The van der Waals surface area contributed by atoms with E-state index in [4.69, 9.17) is 8.83 Å². The standard InChI is InChI=1S/C65H40N2O2/c1-2-12-40(13-3-1)65-66-57-20-10-11-21-58(57)67(65)48-27-22-39(23-28-48)45-24-29-51-56(34-45)64(47-26-31-60-53(36-47)55-33-42-15-5-7-17-44(42)38-62(55)69-60)50-19-9-8-18-49(50)63(51)46-25-30-59-52(35-46)54-32-41-14-4-6-16-43(41)37-61(54)68-59/h1-38,65-66H. The van der Waals surface area contributed by atoms with Crippen molar-refractivity contribution < 1.29 is 8.83 Å². The van der Waals surface area contributed by atoms with Gasteiger partial charge in [0.15, 0.2) is 0 Å². The molecule has 0 aliphatic carbocycles. The largest absolute Gasteiger partial charge is 0.456 e. The van der Waals surface area contributed by atoms with E-state index in [1.54, 1.807) is 0 Å². The number of hydrogen-bond donors (Lipinski definition) is 1. The van der Waals surface area contributed by atoms with Crippen molar-refractivity contribution in [2.75, 3.05) is 10.2 Å². The Morgan fingerprint density at radius 1 is 0.319 bits per heavy atom. The average molecular weight is 881 g/mol. The van der Waals surface area contributed by atoms with Crippen LogP contribution in [0.3, 0.4) is 0 Å². The molecule has 0 fully saturated rings. The molecular weight excluding hydrogens is 841 g/mol. The highest BCUT2D eigenvalue weighted by molar-refractivity contribution is 6.24. The van der Waals surface area contributed by atoms with Gasteiger partial charge in [-0.25, -0.2) is 0 Å². The van der Waals surface area contributed by atoms with Gasteiger partial charge in [0.2, 0.25) is 0 Å². The topological polar surface area (TPSA) is 41.5 Å². The molecule has 1 aliphatic rings. The Morgan fingerprint density at radius 2 is 0.783 bits per heavy atom. The normalized spacial score (nSPS) is 13.7. The SMILES string of the molecule is c1ccc(C2Nc3ccccc3N2c2ccc(-c3ccc4c(-c5ccc6oc7cc8ccccc8cc7c6c5)c5ccccc5c(-c5ccc6oc7cc8ccccc8cc7c6c5)c4c3)cc2)cc1. The van der Waals surface area contributed by atoms with E-state index in [0.717, 1.165) is 77.5 Å². The molecule has 12 aromatic carbocycles. The van der Waals surface area contributed by atoms with E-state index in [-0.39, 0.29) is 6.17 Å². The van der Waals surface area contributed by atoms with Gasteiger partial charge < -0.3 is 19.1 Å². The van der Waals surface area contributed by atoms with E-state index >= 15 is 0 Å². The lowest BCUT2D eigenvalue weighted by molar-refractivity contribution is 0.669. The molecular formula is C65H40N2O2. The molecule has 1 unspecified atom stereocenters. The molecule has 322 valence electrons. The van der Waals surface area contributed by atoms with Crippen LogP contribution in [0.25, 0.3) is 120 Å². The van der Waals surface area contributed by atoms with Gasteiger partial charge in [-0.05, 0) is 161 Å². The van der Waals surface area contributed by atoms with Crippen molar-refractivity contribution in [3.63, 3.8) is 0 Å². The van der Waals surface area contributed by atoms with Crippen molar-refractivity contribution in [1.29, 1.82) is 0 Å². The molecule has 4 heteroatoms. The summed E-state index contributed by atoms with van der Waals surface area (Å²) in [7, 11) is 0. The summed E-state index contributed by atoms with van der Waals surface area (Å²) in [6, 6.07) is 83.7. The number of benzene rings is 12. The fourth-order valence-electron chi connectivity index (χ4n) is 11.3. The first-order chi connectivity index (χ1) is 34.2. The monoisotopic (exact) mass is 880 g/mol. The minimum Gasteiger partial charge on any atom is -0.456 e. The third kappa shape index (κ3) is 5.89. The first-order valence-corrected chi connectivity index (χ1v) is 23.7. The van der Waals surface area contributed by atoms with Gasteiger partial charge in [-0.1, -0.05) is 152 Å². The molecule has 4 nitrogen and oxygen atoms in total. The Bertz CT molecular complexity index is 4410. The molecule has 2 aromatic heterocycles. The van der Waals surface area contributed by atoms with E-state index < -0.39 is 0 Å². The van der Waals surface area contributed by atoms with Crippen LogP contribution in [0.15, 0.2) is 239 Å². The van der Waals surface area contributed by atoms with E-state index in [0.29, 0.717) is 0 Å². The Balaban J connectivity index is 0.945. The zero-order chi connectivity index (χ0) is 45.2. The van der Waals surface area contributed by atoms with Crippen molar-refractivity contribution in [2.24, 2.45) is 0 Å². The maximum absolute atomic E-state index is 6.55. The molecule has 0 amide bonds. The lowest BCUT2D eigenvalue weighted by Gasteiger charge is -2.27. The third-order valence-corrected chi connectivity index (χ3v) is 14.6. The van der Waals surface area contributed by atoms with Crippen LogP contribution in [0.5, 0.6) is 0 Å².